The molecule has 0 N–H and O–H groups in total. The van der Waals surface area contributed by atoms with Crippen LogP contribution in [0.15, 0.2) is 97.1 Å². The molecule has 0 bridgehead atoms. The van der Waals surface area contributed by atoms with E-state index in [-0.39, 0.29) is 0 Å². The monoisotopic (exact) mass is 374 g/mol. The molecule has 0 amide bonds. The molecule has 0 unspecified atom stereocenters. The summed E-state index contributed by atoms with van der Waals surface area (Å²) in [6.45, 7) is 0. The highest BCUT2D eigenvalue weighted by Gasteiger charge is 2.09. The first-order valence-corrected chi connectivity index (χ1v) is 9.18. The van der Waals surface area contributed by atoms with Crippen LogP contribution in [0.2, 0.25) is 10.0 Å². The maximum absolute atomic E-state index is 6.58. The minimum Gasteiger partial charge on any atom is -0.0836 e. The van der Waals surface area contributed by atoms with Crippen molar-refractivity contribution in [2.75, 3.05) is 0 Å². The van der Waals surface area contributed by atoms with Crippen LogP contribution in [0.1, 0.15) is 0 Å². The molecule has 0 atom stereocenters. The van der Waals surface area contributed by atoms with Crippen LogP contribution in [0, 0.1) is 0 Å². The van der Waals surface area contributed by atoms with Crippen LogP contribution < -0.4 is 0 Å². The smallest absolute Gasteiger partial charge is 0.0490 e. The highest BCUT2D eigenvalue weighted by molar-refractivity contribution is 6.35. The molecule has 4 aromatic carbocycles. The fourth-order valence-corrected chi connectivity index (χ4v) is 3.67. The largest absolute Gasteiger partial charge is 0.0836 e. The van der Waals surface area contributed by atoms with E-state index >= 15 is 0 Å². The molecule has 0 aliphatic rings. The normalized spacial score (nSPS) is 10.7. The Morgan fingerprint density at radius 2 is 0.846 bits per heavy atom. The average Bonchev–Trinajstić information content (AvgIpc) is 2.69. The van der Waals surface area contributed by atoms with E-state index in [2.05, 4.69) is 48.5 Å². The summed E-state index contributed by atoms with van der Waals surface area (Å²) in [7, 11) is 0. The Bertz CT molecular complexity index is 1040. The summed E-state index contributed by atoms with van der Waals surface area (Å²) < 4.78 is 0. The molecule has 0 saturated heterocycles. The van der Waals surface area contributed by atoms with Crippen molar-refractivity contribution in [3.63, 3.8) is 0 Å². The Morgan fingerprint density at radius 1 is 0.385 bits per heavy atom. The first-order valence-electron chi connectivity index (χ1n) is 8.43. The van der Waals surface area contributed by atoms with E-state index in [4.69, 9.17) is 23.2 Å². The summed E-state index contributed by atoms with van der Waals surface area (Å²) in [6.07, 6.45) is 0. The van der Waals surface area contributed by atoms with Gasteiger partial charge in [-0.1, -0.05) is 108 Å². The maximum atomic E-state index is 6.58. The molecule has 0 aliphatic carbocycles. The van der Waals surface area contributed by atoms with Crippen LogP contribution >= 0.6 is 23.2 Å². The number of hydrogen-bond donors (Lipinski definition) is 0. The van der Waals surface area contributed by atoms with Crippen LogP contribution in [-0.2, 0) is 0 Å². The summed E-state index contributed by atoms with van der Waals surface area (Å²) in [4.78, 5) is 0. The highest BCUT2D eigenvalue weighted by Crippen LogP contribution is 2.36. The molecule has 0 radical (unpaired) electrons. The van der Waals surface area contributed by atoms with Crippen LogP contribution in [0.25, 0.3) is 33.4 Å². The molecule has 0 heterocycles. The van der Waals surface area contributed by atoms with Gasteiger partial charge in [-0.3, -0.25) is 0 Å². The van der Waals surface area contributed by atoms with E-state index in [1.807, 2.05) is 48.5 Å². The Morgan fingerprint density at radius 3 is 1.42 bits per heavy atom. The molecule has 0 saturated carbocycles. The second kappa shape index (κ2) is 7.37. The lowest BCUT2D eigenvalue weighted by molar-refractivity contribution is 1.57. The van der Waals surface area contributed by atoms with Gasteiger partial charge in [-0.25, -0.2) is 0 Å². The number of halogens is 2. The lowest BCUT2D eigenvalue weighted by Gasteiger charge is -2.11. The van der Waals surface area contributed by atoms with Gasteiger partial charge in [-0.15, -0.1) is 0 Å². The summed E-state index contributed by atoms with van der Waals surface area (Å²) in [6, 6.07) is 32.6. The minimum absolute atomic E-state index is 0.717. The molecule has 4 aromatic rings. The lowest BCUT2D eigenvalue weighted by atomic mass is 9.98. The van der Waals surface area contributed by atoms with Crippen LogP contribution in [-0.4, -0.2) is 0 Å². The van der Waals surface area contributed by atoms with Crippen molar-refractivity contribution >= 4 is 23.2 Å². The van der Waals surface area contributed by atoms with E-state index in [1.54, 1.807) is 0 Å². The molecule has 2 heteroatoms. The fraction of sp³-hybridized carbons (Fsp3) is 0. The molecule has 0 nitrogen and oxygen atoms in total. The molecular formula is C24H16Cl2. The third kappa shape index (κ3) is 3.39. The van der Waals surface area contributed by atoms with Crippen LogP contribution in [0.4, 0.5) is 0 Å². The zero-order chi connectivity index (χ0) is 17.9. The van der Waals surface area contributed by atoms with E-state index < -0.39 is 0 Å². The van der Waals surface area contributed by atoms with Crippen LogP contribution in [0.3, 0.4) is 0 Å². The number of rotatable bonds is 3. The Kier molecular flexibility index (Phi) is 4.79. The van der Waals surface area contributed by atoms with Crippen LogP contribution in [0.5, 0.6) is 0 Å². The van der Waals surface area contributed by atoms with Gasteiger partial charge in [-0.2, -0.15) is 0 Å². The quantitative estimate of drug-likeness (QED) is 0.340. The van der Waals surface area contributed by atoms with Crippen molar-refractivity contribution in [2.45, 2.75) is 0 Å². The molecule has 0 aliphatic heterocycles. The first kappa shape index (κ1) is 16.9. The summed E-state index contributed by atoms with van der Waals surface area (Å²) in [5.74, 6) is 0. The van der Waals surface area contributed by atoms with Crippen molar-refractivity contribution in [1.82, 2.24) is 0 Å². The van der Waals surface area contributed by atoms with Gasteiger partial charge >= 0.3 is 0 Å². The second-order valence-electron chi connectivity index (χ2n) is 6.12. The topological polar surface area (TPSA) is 0 Å². The summed E-state index contributed by atoms with van der Waals surface area (Å²) in [5.41, 5.74) is 6.37. The molecule has 126 valence electrons. The molecule has 0 aromatic heterocycles. The SMILES string of the molecule is Clc1cc(-c2ccccc2)ccc1-c1ccc(-c2ccccc2)c(Cl)c1. The Hall–Kier alpha value is -2.54. The van der Waals surface area contributed by atoms with Gasteiger partial charge in [0.25, 0.3) is 0 Å². The van der Waals surface area contributed by atoms with E-state index in [1.165, 1.54) is 0 Å². The van der Waals surface area contributed by atoms with Gasteiger partial charge in [0.05, 0.1) is 0 Å². The third-order valence-corrected chi connectivity index (χ3v) is 5.07. The Labute approximate surface area is 163 Å². The first-order chi connectivity index (χ1) is 12.7. The van der Waals surface area contributed by atoms with Gasteiger partial charge in [0.2, 0.25) is 0 Å². The highest BCUT2D eigenvalue weighted by atomic mass is 35.5. The predicted octanol–water partition coefficient (Wildman–Crippen LogP) is 7.99. The Balaban J connectivity index is 1.71. The van der Waals surface area contributed by atoms with Gasteiger partial charge in [0.1, 0.15) is 0 Å². The van der Waals surface area contributed by atoms with Gasteiger partial charge < -0.3 is 0 Å². The van der Waals surface area contributed by atoms with E-state index in [9.17, 15) is 0 Å². The van der Waals surface area contributed by atoms with E-state index in [0.29, 0.717) is 0 Å². The zero-order valence-electron chi connectivity index (χ0n) is 14.0. The molecule has 0 fully saturated rings. The molecule has 26 heavy (non-hydrogen) atoms. The second-order valence-corrected chi connectivity index (χ2v) is 6.94. The number of hydrogen-bond acceptors (Lipinski definition) is 0. The van der Waals surface area contributed by atoms with Crippen molar-refractivity contribution < 1.29 is 0 Å². The maximum Gasteiger partial charge on any atom is 0.0490 e. The molecule has 0 spiro atoms. The van der Waals surface area contributed by atoms with Crippen molar-refractivity contribution in [3.05, 3.63) is 107 Å². The van der Waals surface area contributed by atoms with Crippen molar-refractivity contribution in [3.8, 4) is 33.4 Å². The molecule has 4 rings (SSSR count). The van der Waals surface area contributed by atoms with Crippen molar-refractivity contribution in [2.24, 2.45) is 0 Å². The fourth-order valence-electron chi connectivity index (χ4n) is 3.09. The summed E-state index contributed by atoms with van der Waals surface area (Å²) in [5, 5.41) is 1.44. The van der Waals surface area contributed by atoms with E-state index in [0.717, 1.165) is 43.4 Å². The van der Waals surface area contributed by atoms with Gasteiger partial charge in [0.15, 0.2) is 0 Å². The third-order valence-electron chi connectivity index (χ3n) is 4.44. The summed E-state index contributed by atoms with van der Waals surface area (Å²) >= 11 is 13.1. The zero-order valence-corrected chi connectivity index (χ0v) is 15.5. The number of benzene rings is 4. The standard InChI is InChI=1S/C24H16Cl2/c25-23-15-19(17-7-3-1-4-8-17)11-13-22(23)20-12-14-21(24(26)16-20)18-9-5-2-6-10-18/h1-16H. The predicted molar refractivity (Wildman–Crippen MR) is 113 cm³/mol. The molecular weight excluding hydrogens is 359 g/mol. The average molecular weight is 375 g/mol. The minimum atomic E-state index is 0.717. The lowest BCUT2D eigenvalue weighted by Crippen LogP contribution is -1.85. The van der Waals surface area contributed by atoms with Gasteiger partial charge in [0, 0.05) is 21.2 Å². The van der Waals surface area contributed by atoms with Crippen molar-refractivity contribution in [1.29, 1.82) is 0 Å². The van der Waals surface area contributed by atoms with Gasteiger partial charge in [-0.05, 0) is 34.4 Å².